The zero-order valence-electron chi connectivity index (χ0n) is 16.7. The van der Waals surface area contributed by atoms with Crippen molar-refractivity contribution in [1.82, 2.24) is 0 Å². The smallest absolute Gasteiger partial charge is 0.295 e. The molecule has 0 saturated carbocycles. The molecule has 0 saturated heterocycles. The van der Waals surface area contributed by atoms with Crippen molar-refractivity contribution in [3.63, 3.8) is 0 Å². The highest BCUT2D eigenvalue weighted by molar-refractivity contribution is 7.86. The van der Waals surface area contributed by atoms with Crippen LogP contribution in [0.3, 0.4) is 0 Å². The Labute approximate surface area is 175 Å². The fraction of sp³-hybridized carbons (Fsp3) is 0.273. The lowest BCUT2D eigenvalue weighted by Gasteiger charge is -2.20. The molecule has 0 aliphatic carbocycles. The molecule has 3 aromatic rings. The van der Waals surface area contributed by atoms with E-state index in [9.17, 15) is 23.2 Å². The number of fused-ring (bicyclic) bond motifs is 1. The van der Waals surface area contributed by atoms with Crippen LogP contribution in [-0.4, -0.2) is 23.2 Å². The molecule has 0 amide bonds. The molecule has 0 radical (unpaired) electrons. The second kappa shape index (κ2) is 8.91. The van der Waals surface area contributed by atoms with Gasteiger partial charge in [-0.1, -0.05) is 63.1 Å². The van der Waals surface area contributed by atoms with E-state index in [4.69, 9.17) is 0 Å². The van der Waals surface area contributed by atoms with E-state index in [1.54, 1.807) is 36.4 Å². The van der Waals surface area contributed by atoms with E-state index in [0.717, 1.165) is 24.5 Å². The highest BCUT2D eigenvalue weighted by atomic mass is 32.2. The average molecular weight is 429 g/mol. The zero-order chi connectivity index (χ0) is 21.9. The van der Waals surface area contributed by atoms with Crippen molar-refractivity contribution in [3.8, 4) is 5.75 Å². The molecule has 0 bridgehead atoms. The number of aliphatic hydroxyl groups is 1. The molecular weight excluding hydrogens is 404 g/mol. The predicted octanol–water partition coefficient (Wildman–Crippen LogP) is 5.68. The fourth-order valence-electron chi connectivity index (χ4n) is 3.46. The number of hydrogen-bond acceptors (Lipinski definition) is 6. The maximum absolute atomic E-state index is 11.8. The first-order chi connectivity index (χ1) is 14.3. The van der Waals surface area contributed by atoms with E-state index >= 15 is 0 Å². The first-order valence-electron chi connectivity index (χ1n) is 9.68. The van der Waals surface area contributed by atoms with Crippen LogP contribution in [0.4, 0.5) is 11.4 Å². The lowest BCUT2D eigenvalue weighted by Crippen LogP contribution is -2.10. The van der Waals surface area contributed by atoms with Gasteiger partial charge in [0.1, 0.15) is 10.6 Å². The number of benzene rings is 3. The lowest BCUT2D eigenvalue weighted by molar-refractivity contribution is 0.103. The summed E-state index contributed by atoms with van der Waals surface area (Å²) in [6, 6.07) is 14.3. The third-order valence-electron chi connectivity index (χ3n) is 5.24. The van der Waals surface area contributed by atoms with E-state index in [0.29, 0.717) is 5.69 Å². The second-order valence-electron chi connectivity index (χ2n) is 7.08. The molecule has 3 N–H and O–H groups in total. The molecule has 8 heteroatoms. The van der Waals surface area contributed by atoms with Crippen LogP contribution < -0.4 is 0 Å². The Morgan fingerprint density at radius 2 is 1.53 bits per heavy atom. The van der Waals surface area contributed by atoms with Crippen LogP contribution in [0, 0.1) is 5.92 Å². The maximum Gasteiger partial charge on any atom is 0.295 e. The first kappa shape index (κ1) is 21.9. The van der Waals surface area contributed by atoms with Crippen LogP contribution in [-0.2, 0) is 10.1 Å². The summed E-state index contributed by atoms with van der Waals surface area (Å²) >= 11 is 0. The van der Waals surface area contributed by atoms with Crippen molar-refractivity contribution in [2.45, 2.75) is 37.7 Å². The van der Waals surface area contributed by atoms with Crippen LogP contribution in [0.2, 0.25) is 0 Å². The van der Waals surface area contributed by atoms with E-state index in [-0.39, 0.29) is 33.0 Å². The zero-order valence-corrected chi connectivity index (χ0v) is 17.5. The van der Waals surface area contributed by atoms with Crippen LogP contribution in [0.25, 0.3) is 10.8 Å². The Morgan fingerprint density at radius 1 is 0.933 bits per heavy atom. The van der Waals surface area contributed by atoms with Gasteiger partial charge in [-0.05, 0) is 29.7 Å². The van der Waals surface area contributed by atoms with Gasteiger partial charge in [-0.25, -0.2) is 0 Å². The molecule has 7 nitrogen and oxygen atoms in total. The summed E-state index contributed by atoms with van der Waals surface area (Å²) in [6.45, 7) is 4.08. The molecule has 0 aromatic heterocycles. The second-order valence-corrected chi connectivity index (χ2v) is 8.47. The van der Waals surface area contributed by atoms with Crippen molar-refractivity contribution < 1.29 is 23.2 Å². The van der Waals surface area contributed by atoms with Gasteiger partial charge < -0.3 is 10.2 Å². The fourth-order valence-corrected chi connectivity index (χ4v) is 4.18. The molecule has 1 unspecified atom stereocenters. The number of aromatic hydroxyl groups is 1. The first-order valence-corrected chi connectivity index (χ1v) is 11.1. The number of phenolic OH excluding ortho intramolecular Hbond substituents is 1. The molecule has 0 heterocycles. The molecule has 3 aromatic carbocycles. The van der Waals surface area contributed by atoms with Crippen molar-refractivity contribution in [1.29, 1.82) is 0 Å². The minimum atomic E-state index is -4.52. The summed E-state index contributed by atoms with van der Waals surface area (Å²) in [5.74, 6) is -0.0617. The number of rotatable bonds is 7. The van der Waals surface area contributed by atoms with Crippen LogP contribution in [0.5, 0.6) is 5.75 Å². The molecule has 30 heavy (non-hydrogen) atoms. The van der Waals surface area contributed by atoms with E-state index in [1.165, 1.54) is 12.1 Å². The number of aliphatic hydroxyl groups excluding tert-OH is 1. The molecule has 3 rings (SSSR count). The van der Waals surface area contributed by atoms with Gasteiger partial charge >= 0.3 is 0 Å². The number of nitrogens with zero attached hydrogens (tertiary/aromatic N) is 2. The van der Waals surface area contributed by atoms with Gasteiger partial charge in [0, 0.05) is 10.8 Å². The number of phenols is 1. The van der Waals surface area contributed by atoms with Gasteiger partial charge in [0.25, 0.3) is 10.1 Å². The molecule has 0 fully saturated rings. The Hall–Kier alpha value is -2.81. The van der Waals surface area contributed by atoms with Crippen molar-refractivity contribution in [3.05, 3.63) is 60.2 Å². The van der Waals surface area contributed by atoms with Crippen LogP contribution >= 0.6 is 0 Å². The largest absolute Gasteiger partial charge is 0.505 e. The molecule has 0 aliphatic heterocycles. The van der Waals surface area contributed by atoms with Crippen LogP contribution in [0.1, 0.15) is 38.4 Å². The van der Waals surface area contributed by atoms with Gasteiger partial charge in [0.2, 0.25) is 0 Å². The SMILES string of the molecule is CCC(CC)C(O)c1ccc(N=Nc2cc(S(=O)(=O)O)c3ccccc3c2O)cc1. The lowest BCUT2D eigenvalue weighted by atomic mass is 9.91. The number of hydrogen-bond donors (Lipinski definition) is 3. The molecule has 158 valence electrons. The summed E-state index contributed by atoms with van der Waals surface area (Å²) < 4.78 is 33.1. The standard InChI is InChI=1S/C22H24N2O5S/c1-3-14(4-2)21(25)15-9-11-16(12-10-15)23-24-19-13-20(30(27,28)29)17-7-5-6-8-18(17)22(19)26/h5-14,21,25-26H,3-4H2,1-2H3,(H,27,28,29). The van der Waals surface area contributed by atoms with Gasteiger partial charge in [0.15, 0.2) is 5.75 Å². The molecule has 1 atom stereocenters. The Balaban J connectivity index is 1.96. The van der Waals surface area contributed by atoms with Crippen LogP contribution in [0.15, 0.2) is 69.7 Å². The predicted molar refractivity (Wildman–Crippen MR) is 115 cm³/mol. The topological polar surface area (TPSA) is 120 Å². The van der Waals surface area contributed by atoms with Crippen molar-refractivity contribution in [2.75, 3.05) is 0 Å². The Kier molecular flexibility index (Phi) is 6.50. The van der Waals surface area contributed by atoms with Gasteiger partial charge in [-0.3, -0.25) is 4.55 Å². The monoisotopic (exact) mass is 428 g/mol. The van der Waals surface area contributed by atoms with Gasteiger partial charge in [-0.2, -0.15) is 13.5 Å². The summed E-state index contributed by atoms with van der Waals surface area (Å²) in [5, 5.41) is 29.4. The Bertz CT molecular complexity index is 1170. The molecular formula is C22H24N2O5S. The van der Waals surface area contributed by atoms with Gasteiger partial charge in [-0.15, -0.1) is 5.11 Å². The van der Waals surface area contributed by atoms with Crippen molar-refractivity contribution >= 4 is 32.3 Å². The highest BCUT2D eigenvalue weighted by Gasteiger charge is 2.20. The molecule has 0 aliphatic rings. The Morgan fingerprint density at radius 3 is 2.10 bits per heavy atom. The van der Waals surface area contributed by atoms with E-state index < -0.39 is 16.2 Å². The molecule has 0 spiro atoms. The average Bonchev–Trinajstić information content (AvgIpc) is 2.73. The highest BCUT2D eigenvalue weighted by Crippen LogP contribution is 2.39. The van der Waals surface area contributed by atoms with E-state index in [2.05, 4.69) is 10.2 Å². The third kappa shape index (κ3) is 4.51. The summed E-state index contributed by atoms with van der Waals surface area (Å²) in [7, 11) is -4.52. The minimum absolute atomic E-state index is 0.0810. The summed E-state index contributed by atoms with van der Waals surface area (Å²) in [6.07, 6.45) is 1.18. The third-order valence-corrected chi connectivity index (χ3v) is 6.13. The van der Waals surface area contributed by atoms with Gasteiger partial charge in [0.05, 0.1) is 11.8 Å². The number of azo groups is 1. The van der Waals surface area contributed by atoms with E-state index in [1.807, 2.05) is 13.8 Å². The van der Waals surface area contributed by atoms with Crippen molar-refractivity contribution in [2.24, 2.45) is 16.1 Å². The summed E-state index contributed by atoms with van der Waals surface area (Å²) in [4.78, 5) is -0.353. The minimum Gasteiger partial charge on any atom is -0.505 e. The normalized spacial score (nSPS) is 13.4. The summed E-state index contributed by atoms with van der Waals surface area (Å²) in [5.41, 5.74) is 1.17. The quantitative estimate of drug-likeness (QED) is 0.330. The maximum atomic E-state index is 11.8.